The maximum atomic E-state index is 10.2. The molecule has 0 N–H and O–H groups in total. The van der Waals surface area contributed by atoms with Gasteiger partial charge in [0.25, 0.3) is 0 Å². The number of pyridine rings is 2. The van der Waals surface area contributed by atoms with E-state index in [4.69, 9.17) is 14.0 Å². The van der Waals surface area contributed by atoms with Crippen molar-refractivity contribution in [2.45, 2.75) is 38.8 Å². The Morgan fingerprint density at radius 2 is 1.34 bits per heavy atom. The Balaban J connectivity index is -0.00000111. The summed E-state index contributed by atoms with van der Waals surface area (Å²) in [6.45, 7) is 16.9. The fraction of sp³-hybridized carbons (Fsp3) is 0.364. The van der Waals surface area contributed by atoms with E-state index in [1.54, 1.807) is 0 Å². The zero-order valence-corrected chi connectivity index (χ0v) is 20.4. The molecule has 2 rings (SSSR count). The Labute approximate surface area is 204 Å². The minimum Gasteiger partial charge on any atom is 0 e. The molecule has 0 aliphatic heterocycles. The maximum Gasteiger partial charge on any atom is 0 e. The first-order chi connectivity index (χ1) is 15.4. The van der Waals surface area contributed by atoms with E-state index in [0.29, 0.717) is 0 Å². The zero-order chi connectivity index (χ0) is 23.6. The van der Waals surface area contributed by atoms with E-state index in [1.165, 1.54) is 6.11 Å². The monoisotopic (exact) mass is 607 g/mol. The second kappa shape index (κ2) is 28.7. The number of aromatic nitrogens is 2. The number of rotatable bonds is 12. The Hall–Kier alpha value is -2.32. The molecule has 10 heteroatoms. The Kier molecular flexibility index (Phi) is 30.7. The number of aliphatic imine (C=N–C) groups is 1. The van der Waals surface area contributed by atoms with E-state index in [-0.39, 0.29) is 20.4 Å². The van der Waals surface area contributed by atoms with E-state index in [0.717, 1.165) is 70.4 Å². The van der Waals surface area contributed by atoms with Crippen LogP contribution in [0, 0.1) is 20.0 Å². The largest absolute Gasteiger partial charge is 0 e. The van der Waals surface area contributed by atoms with Crippen molar-refractivity contribution in [3.05, 3.63) is 80.1 Å². The van der Waals surface area contributed by atoms with Gasteiger partial charge in [-0.25, -0.2) is 0 Å². The van der Waals surface area contributed by atoms with Gasteiger partial charge in [0, 0.05) is 32.8 Å². The van der Waals surface area contributed by atoms with Gasteiger partial charge < -0.3 is 0 Å². The summed E-state index contributed by atoms with van der Waals surface area (Å²) in [6.07, 6.45) is 9.49. The normalized spacial score (nSPS) is 8.84. The Morgan fingerprint density at radius 1 is 0.844 bits per heavy atom. The molecule has 0 aliphatic rings. The van der Waals surface area contributed by atoms with Crippen LogP contribution in [0.15, 0.2) is 53.8 Å². The molecule has 0 unspecified atom stereocenters. The van der Waals surface area contributed by atoms with Crippen molar-refractivity contribution in [2.75, 3.05) is 13.1 Å². The van der Waals surface area contributed by atoms with Crippen molar-refractivity contribution < 1.29 is 39.1 Å². The van der Waals surface area contributed by atoms with Crippen LogP contribution >= 0.6 is 0 Å². The molecule has 0 amide bonds. The van der Waals surface area contributed by atoms with Gasteiger partial charge >= 0.3 is 147 Å². The third-order valence-electron chi connectivity index (χ3n) is 3.90. The summed E-state index contributed by atoms with van der Waals surface area (Å²) in [5.41, 5.74) is 2.17. The van der Waals surface area contributed by atoms with Gasteiger partial charge in [0.05, 0.1) is 0 Å². The van der Waals surface area contributed by atoms with Crippen LogP contribution in [0.5, 0.6) is 0 Å². The molecule has 0 spiro atoms. The minimum absolute atomic E-state index is 0. The smallest absolute Gasteiger partial charge is 0 e. The summed E-state index contributed by atoms with van der Waals surface area (Å²) in [7, 11) is 0.729. The van der Waals surface area contributed by atoms with Crippen molar-refractivity contribution in [3.8, 4) is 0 Å². The summed E-state index contributed by atoms with van der Waals surface area (Å²) in [4.78, 5) is 15.3. The van der Waals surface area contributed by atoms with Gasteiger partial charge in [0.2, 0.25) is 0 Å². The number of hydrogen-bond donors (Lipinski definition) is 0. The summed E-state index contributed by atoms with van der Waals surface area (Å²) >= 11 is 0. The molecule has 167 valence electrons. The quantitative estimate of drug-likeness (QED) is 0.121. The Morgan fingerprint density at radius 3 is 1.78 bits per heavy atom. The van der Waals surface area contributed by atoms with Crippen LogP contribution in [0.4, 0.5) is 0 Å². The standard InChI is InChI=1S/C19H25BN4O.3CO.Re/c25-20-17-21-11-5-1-2-8-14-24(15-18-9-3-6-12-22-18)16-19-10-4-7-13-23-19;3*1-2;/h3-4,6-7,9-10,12-13,17H,1-2,5,8,11,14-16H2;;;;. The molecule has 2 heterocycles. The van der Waals surface area contributed by atoms with Gasteiger partial charge in [-0.15, -0.1) is 0 Å². The molecule has 0 bridgehead atoms. The SMILES string of the molecule is O=BC=NCCCCCCN(Cc1ccccn1)Cc1ccccn1.[C-]#[O+].[C-]#[O+].[C-]#[O+].[Re]. The molecule has 0 saturated heterocycles. The van der Waals surface area contributed by atoms with E-state index >= 15 is 0 Å². The first-order valence-corrected chi connectivity index (χ1v) is 9.45. The minimum atomic E-state index is 0. The van der Waals surface area contributed by atoms with Crippen LogP contribution in [-0.4, -0.2) is 41.2 Å². The summed E-state index contributed by atoms with van der Waals surface area (Å²) in [5.74, 6) is 0. The zero-order valence-electron chi connectivity index (χ0n) is 17.7. The van der Waals surface area contributed by atoms with Crippen molar-refractivity contribution in [1.82, 2.24) is 14.9 Å². The molecule has 0 aromatic carbocycles. The van der Waals surface area contributed by atoms with Crippen LogP contribution in [0.25, 0.3) is 0 Å². The number of hydrogen-bond acceptors (Lipinski definition) is 5. The molecule has 8 nitrogen and oxygen atoms in total. The average molecular weight is 606 g/mol. The molecular weight excluding hydrogens is 581 g/mol. The third-order valence-corrected chi connectivity index (χ3v) is 3.90. The molecule has 0 saturated carbocycles. The van der Waals surface area contributed by atoms with E-state index < -0.39 is 0 Å². The number of nitrogens with zero attached hydrogens (tertiary/aromatic N) is 4. The van der Waals surface area contributed by atoms with E-state index in [1.807, 2.05) is 36.7 Å². The average Bonchev–Trinajstić information content (AvgIpc) is 2.86. The molecular formula is C22H25BN4O4Re. The van der Waals surface area contributed by atoms with Gasteiger partial charge in [-0.1, -0.05) is 12.1 Å². The van der Waals surface area contributed by atoms with Crippen LogP contribution in [0.1, 0.15) is 37.1 Å². The summed E-state index contributed by atoms with van der Waals surface area (Å²) in [6, 6.07) is 12.1. The first-order valence-electron chi connectivity index (χ1n) is 9.45. The van der Waals surface area contributed by atoms with Crippen LogP contribution < -0.4 is 0 Å². The molecule has 32 heavy (non-hydrogen) atoms. The van der Waals surface area contributed by atoms with Gasteiger partial charge in [0.15, 0.2) is 0 Å². The molecule has 1 radical (unpaired) electrons. The van der Waals surface area contributed by atoms with Crippen molar-refractivity contribution in [3.63, 3.8) is 0 Å². The predicted molar refractivity (Wildman–Crippen MR) is 113 cm³/mol. The summed E-state index contributed by atoms with van der Waals surface area (Å²) in [5, 5.41) is 0. The number of unbranched alkanes of at least 4 members (excludes halogenated alkanes) is 3. The molecule has 0 atom stereocenters. The van der Waals surface area contributed by atoms with E-state index in [2.05, 4.69) is 51.9 Å². The maximum absolute atomic E-state index is 10.2. The third kappa shape index (κ3) is 19.6. The predicted octanol–water partition coefficient (Wildman–Crippen LogP) is 3.00. The molecule has 0 fully saturated rings. The topological polar surface area (TPSA) is 118 Å². The van der Waals surface area contributed by atoms with Crippen molar-refractivity contribution >= 4 is 13.3 Å². The van der Waals surface area contributed by atoms with Gasteiger partial charge in [0.1, 0.15) is 0 Å². The van der Waals surface area contributed by atoms with Crippen LogP contribution in [0.3, 0.4) is 0 Å². The van der Waals surface area contributed by atoms with Crippen molar-refractivity contribution in [1.29, 1.82) is 0 Å². The van der Waals surface area contributed by atoms with Gasteiger partial charge in [-0.3, -0.25) is 0 Å². The first kappa shape index (κ1) is 34.3. The van der Waals surface area contributed by atoms with Gasteiger partial charge in [-0.05, 0) is 12.1 Å². The van der Waals surface area contributed by atoms with Crippen LogP contribution in [-0.2, 0) is 52.2 Å². The second-order valence-electron chi connectivity index (χ2n) is 5.96. The van der Waals surface area contributed by atoms with Crippen molar-refractivity contribution in [2.24, 2.45) is 4.99 Å². The Bertz CT molecular complexity index is 703. The molecule has 2 aromatic rings. The fourth-order valence-corrected chi connectivity index (χ4v) is 2.67. The molecule has 2 aromatic heterocycles. The van der Waals surface area contributed by atoms with E-state index in [9.17, 15) is 4.70 Å². The van der Waals surface area contributed by atoms with Gasteiger partial charge in [-0.2, -0.15) is 0 Å². The van der Waals surface area contributed by atoms with Crippen LogP contribution in [0.2, 0.25) is 0 Å². The summed E-state index contributed by atoms with van der Waals surface area (Å²) < 4.78 is 32.7. The second-order valence-corrected chi connectivity index (χ2v) is 5.96. The molecule has 0 aliphatic carbocycles. The fourth-order valence-electron chi connectivity index (χ4n) is 2.67.